The van der Waals surface area contributed by atoms with Crippen molar-refractivity contribution in [1.82, 2.24) is 19.7 Å². The molecule has 2 aliphatic carbocycles. The average molecular weight is 361 g/mol. The number of rotatable bonds is 2. The molecule has 0 radical (unpaired) electrons. The van der Waals surface area contributed by atoms with E-state index < -0.39 is 11.9 Å². The molecule has 2 aromatic rings. The van der Waals surface area contributed by atoms with E-state index in [0.717, 1.165) is 4.68 Å². The van der Waals surface area contributed by atoms with E-state index >= 15 is 0 Å². The summed E-state index contributed by atoms with van der Waals surface area (Å²) in [5, 5.41) is 3.64. The lowest BCUT2D eigenvalue weighted by Crippen LogP contribution is -2.11. The minimum atomic E-state index is -4.72. The van der Waals surface area contributed by atoms with Crippen molar-refractivity contribution in [3.05, 3.63) is 47.4 Å². The van der Waals surface area contributed by atoms with Crippen LogP contribution in [0.5, 0.6) is 0 Å². The third-order valence-electron chi connectivity index (χ3n) is 4.66. The SMILES string of the molecule is Nc1c(C2=C3CC=CCC3C(=O)C2)c(C(F)(F)F)nn1-c1ncccn1. The molecule has 1 atom stereocenters. The summed E-state index contributed by atoms with van der Waals surface area (Å²) >= 11 is 0. The van der Waals surface area contributed by atoms with Crippen molar-refractivity contribution in [2.24, 2.45) is 5.92 Å². The van der Waals surface area contributed by atoms with Gasteiger partial charge in [0.1, 0.15) is 11.6 Å². The van der Waals surface area contributed by atoms with Gasteiger partial charge in [0.25, 0.3) is 5.95 Å². The Morgan fingerprint density at radius 2 is 1.92 bits per heavy atom. The number of aromatic nitrogens is 4. The van der Waals surface area contributed by atoms with E-state index in [9.17, 15) is 18.0 Å². The van der Waals surface area contributed by atoms with Crippen LogP contribution in [0, 0.1) is 5.92 Å². The fourth-order valence-electron chi connectivity index (χ4n) is 3.53. The first kappa shape index (κ1) is 16.5. The highest BCUT2D eigenvalue weighted by Crippen LogP contribution is 2.47. The lowest BCUT2D eigenvalue weighted by Gasteiger charge is -2.16. The van der Waals surface area contributed by atoms with E-state index in [0.29, 0.717) is 24.0 Å². The van der Waals surface area contributed by atoms with Gasteiger partial charge < -0.3 is 5.73 Å². The van der Waals surface area contributed by atoms with Crippen molar-refractivity contribution >= 4 is 17.2 Å². The summed E-state index contributed by atoms with van der Waals surface area (Å²) in [4.78, 5) is 20.1. The first-order valence-electron chi connectivity index (χ1n) is 8.01. The summed E-state index contributed by atoms with van der Waals surface area (Å²) in [6.07, 6.45) is 2.67. The molecular formula is C17H14F3N5O. The number of nitrogens with two attached hydrogens (primary N) is 1. The van der Waals surface area contributed by atoms with Gasteiger partial charge in [-0.1, -0.05) is 17.7 Å². The number of hydrogen-bond donors (Lipinski definition) is 1. The molecule has 2 heterocycles. The molecule has 0 aliphatic heterocycles. The Labute approximate surface area is 146 Å². The summed E-state index contributed by atoms with van der Waals surface area (Å²) < 4.78 is 41.8. The summed E-state index contributed by atoms with van der Waals surface area (Å²) in [7, 11) is 0. The molecule has 6 nitrogen and oxygen atoms in total. The normalized spacial score (nSPS) is 20.0. The topological polar surface area (TPSA) is 86.7 Å². The molecule has 2 aliphatic rings. The van der Waals surface area contributed by atoms with E-state index in [-0.39, 0.29) is 35.5 Å². The summed E-state index contributed by atoms with van der Waals surface area (Å²) in [6.45, 7) is 0. The number of carbonyl (C=O) groups excluding carboxylic acids is 1. The summed E-state index contributed by atoms with van der Waals surface area (Å²) in [5.74, 6) is -0.729. The van der Waals surface area contributed by atoms with E-state index in [1.165, 1.54) is 18.5 Å². The number of carbonyl (C=O) groups is 1. The Bertz CT molecular complexity index is 943. The molecule has 4 rings (SSSR count). The van der Waals surface area contributed by atoms with Crippen molar-refractivity contribution in [2.45, 2.75) is 25.4 Å². The Morgan fingerprint density at radius 1 is 1.19 bits per heavy atom. The van der Waals surface area contributed by atoms with Crippen LogP contribution in [0.2, 0.25) is 0 Å². The molecule has 0 saturated heterocycles. The van der Waals surface area contributed by atoms with Gasteiger partial charge >= 0.3 is 6.18 Å². The fraction of sp³-hybridized carbons (Fsp3) is 0.294. The Hall–Kier alpha value is -2.97. The first-order valence-corrected chi connectivity index (χ1v) is 8.01. The van der Waals surface area contributed by atoms with E-state index in [4.69, 9.17) is 5.73 Å². The molecule has 1 unspecified atom stereocenters. The highest BCUT2D eigenvalue weighted by atomic mass is 19.4. The number of alkyl halides is 3. The van der Waals surface area contributed by atoms with Gasteiger partial charge in [0.15, 0.2) is 5.69 Å². The zero-order chi connectivity index (χ0) is 18.5. The monoisotopic (exact) mass is 361 g/mol. The largest absolute Gasteiger partial charge is 0.435 e. The second-order valence-electron chi connectivity index (χ2n) is 6.18. The van der Waals surface area contributed by atoms with Crippen molar-refractivity contribution in [3.8, 4) is 5.95 Å². The van der Waals surface area contributed by atoms with E-state index in [1.807, 2.05) is 12.2 Å². The van der Waals surface area contributed by atoms with Gasteiger partial charge in [0.2, 0.25) is 0 Å². The predicted molar refractivity (Wildman–Crippen MR) is 87.0 cm³/mol. The molecule has 0 bridgehead atoms. The van der Waals surface area contributed by atoms with Crippen LogP contribution >= 0.6 is 0 Å². The molecule has 9 heteroatoms. The van der Waals surface area contributed by atoms with Crippen molar-refractivity contribution in [3.63, 3.8) is 0 Å². The maximum absolute atomic E-state index is 13.6. The zero-order valence-corrected chi connectivity index (χ0v) is 13.5. The number of anilines is 1. The fourth-order valence-corrected chi connectivity index (χ4v) is 3.53. The molecule has 0 fully saturated rings. The van der Waals surface area contributed by atoms with Gasteiger partial charge in [-0.25, -0.2) is 9.97 Å². The Balaban J connectivity index is 1.95. The van der Waals surface area contributed by atoms with Gasteiger partial charge in [0.05, 0.1) is 5.56 Å². The van der Waals surface area contributed by atoms with Crippen LogP contribution in [-0.4, -0.2) is 25.5 Å². The maximum atomic E-state index is 13.6. The zero-order valence-electron chi connectivity index (χ0n) is 13.5. The molecule has 0 aromatic carbocycles. The van der Waals surface area contributed by atoms with Gasteiger partial charge in [-0.2, -0.15) is 23.0 Å². The molecule has 2 N–H and O–H groups in total. The van der Waals surface area contributed by atoms with Crippen LogP contribution in [0.25, 0.3) is 11.5 Å². The number of Topliss-reactive ketones (excluding diaryl/α,β-unsaturated/α-hetero) is 1. The minimum Gasteiger partial charge on any atom is -0.383 e. The van der Waals surface area contributed by atoms with E-state index in [2.05, 4.69) is 15.1 Å². The predicted octanol–water partition coefficient (Wildman–Crippen LogP) is 2.96. The highest BCUT2D eigenvalue weighted by molar-refractivity contribution is 6.03. The number of nitrogen functional groups attached to an aromatic ring is 1. The number of nitrogens with zero attached hydrogens (tertiary/aromatic N) is 4. The highest BCUT2D eigenvalue weighted by Gasteiger charge is 2.44. The van der Waals surface area contributed by atoms with Gasteiger partial charge in [-0.3, -0.25) is 4.79 Å². The molecule has 2 aromatic heterocycles. The molecule has 0 amide bonds. The van der Waals surface area contributed by atoms with Crippen LogP contribution < -0.4 is 5.73 Å². The third kappa shape index (κ3) is 2.51. The maximum Gasteiger partial charge on any atom is 0.435 e. The lowest BCUT2D eigenvalue weighted by molar-refractivity contribution is -0.141. The molecule has 0 spiro atoms. The van der Waals surface area contributed by atoms with Crippen molar-refractivity contribution < 1.29 is 18.0 Å². The molecular weight excluding hydrogens is 347 g/mol. The number of ketones is 1. The Kier molecular flexibility index (Phi) is 3.67. The van der Waals surface area contributed by atoms with Crippen LogP contribution in [0.15, 0.2) is 36.2 Å². The van der Waals surface area contributed by atoms with Crippen LogP contribution in [-0.2, 0) is 11.0 Å². The minimum absolute atomic E-state index is 0.0586. The van der Waals surface area contributed by atoms with Crippen LogP contribution in [0.3, 0.4) is 0 Å². The van der Waals surface area contributed by atoms with Gasteiger partial charge in [0, 0.05) is 24.7 Å². The second-order valence-corrected chi connectivity index (χ2v) is 6.18. The number of halogens is 3. The lowest BCUT2D eigenvalue weighted by atomic mass is 9.88. The third-order valence-corrected chi connectivity index (χ3v) is 4.66. The Morgan fingerprint density at radius 3 is 2.62 bits per heavy atom. The summed E-state index contributed by atoms with van der Waals surface area (Å²) in [6, 6.07) is 1.54. The smallest absolute Gasteiger partial charge is 0.383 e. The van der Waals surface area contributed by atoms with Crippen molar-refractivity contribution in [1.29, 1.82) is 0 Å². The quantitative estimate of drug-likeness (QED) is 0.831. The number of hydrogen-bond acceptors (Lipinski definition) is 5. The molecule has 26 heavy (non-hydrogen) atoms. The van der Waals surface area contributed by atoms with Crippen molar-refractivity contribution in [2.75, 3.05) is 5.73 Å². The molecule has 0 saturated carbocycles. The average Bonchev–Trinajstić information content (AvgIpc) is 3.13. The standard InChI is InChI=1S/C17H14F3N5O/c18-17(19,20)14-13(11-8-12(26)10-5-2-1-4-9(10)11)15(21)25(24-14)16-22-6-3-7-23-16/h1-3,6-7,10H,4-5,8,21H2. The molecule has 134 valence electrons. The number of fused-ring (bicyclic) bond motifs is 1. The number of allylic oxidation sites excluding steroid dienone is 4. The first-order chi connectivity index (χ1) is 12.4. The summed E-state index contributed by atoms with van der Waals surface area (Å²) in [5.41, 5.74) is 5.72. The van der Waals surface area contributed by atoms with E-state index in [1.54, 1.807) is 0 Å². The van der Waals surface area contributed by atoms with Crippen LogP contribution in [0.1, 0.15) is 30.5 Å². The van der Waals surface area contributed by atoms with Gasteiger partial charge in [-0.05, 0) is 24.5 Å². The van der Waals surface area contributed by atoms with Gasteiger partial charge in [-0.15, -0.1) is 0 Å². The van der Waals surface area contributed by atoms with Crippen LogP contribution in [0.4, 0.5) is 19.0 Å². The second kappa shape index (κ2) is 5.79.